The average molecular weight is 239 g/mol. The van der Waals surface area contributed by atoms with Gasteiger partial charge in [0.1, 0.15) is 0 Å². The fraction of sp³-hybridized carbons (Fsp3) is 0.538. The molecule has 0 aliphatic rings. The smallest absolute Gasteiger partial charge is 0.161 e. The first kappa shape index (κ1) is 13.8. The molecule has 1 aromatic rings. The molecule has 2 N–H and O–H groups in total. The van der Waals surface area contributed by atoms with Crippen LogP contribution in [-0.4, -0.2) is 31.5 Å². The zero-order valence-electron chi connectivity index (χ0n) is 10.9. The summed E-state index contributed by atoms with van der Waals surface area (Å²) in [5.74, 6) is 1.44. The van der Waals surface area contributed by atoms with Crippen LogP contribution in [0.2, 0.25) is 0 Å². The Hall–Kier alpha value is -1.26. The second-order valence-corrected chi connectivity index (χ2v) is 4.10. The molecular formula is C13H21NO3. The zero-order chi connectivity index (χ0) is 12.8. The van der Waals surface area contributed by atoms with Gasteiger partial charge in [0.05, 0.1) is 20.3 Å². The van der Waals surface area contributed by atoms with Crippen molar-refractivity contribution in [1.82, 2.24) is 5.32 Å². The van der Waals surface area contributed by atoms with Crippen LogP contribution in [0.5, 0.6) is 11.5 Å². The molecule has 0 aromatic heterocycles. The van der Waals surface area contributed by atoms with Crippen molar-refractivity contribution >= 4 is 0 Å². The minimum absolute atomic E-state index is 0.0584. The summed E-state index contributed by atoms with van der Waals surface area (Å²) in [7, 11) is 3.23. The molecule has 4 heteroatoms. The number of hydrogen-bond acceptors (Lipinski definition) is 4. The van der Waals surface area contributed by atoms with Gasteiger partial charge in [0, 0.05) is 12.6 Å². The molecule has 0 spiro atoms. The standard InChI is InChI=1S/C13H21NO3/c1-9(10(2)15)14-8-11-5-6-12(16-3)13(7-11)17-4/h5-7,9-10,14-15H,8H2,1-4H3. The van der Waals surface area contributed by atoms with Crippen molar-refractivity contribution in [2.75, 3.05) is 14.2 Å². The number of ether oxygens (including phenoxy) is 2. The molecule has 2 atom stereocenters. The van der Waals surface area contributed by atoms with Gasteiger partial charge in [-0.05, 0) is 31.5 Å². The molecule has 0 saturated heterocycles. The van der Waals surface area contributed by atoms with Gasteiger partial charge in [0.25, 0.3) is 0 Å². The Morgan fingerprint density at radius 3 is 2.35 bits per heavy atom. The van der Waals surface area contributed by atoms with Gasteiger partial charge in [-0.3, -0.25) is 0 Å². The third-order valence-electron chi connectivity index (χ3n) is 2.80. The number of aliphatic hydroxyl groups is 1. The van der Waals surface area contributed by atoms with Crippen LogP contribution in [0.25, 0.3) is 0 Å². The molecule has 0 heterocycles. The van der Waals surface area contributed by atoms with E-state index in [1.807, 2.05) is 25.1 Å². The molecule has 1 aromatic carbocycles. The average Bonchev–Trinajstić information content (AvgIpc) is 2.35. The highest BCUT2D eigenvalue weighted by molar-refractivity contribution is 5.42. The van der Waals surface area contributed by atoms with Gasteiger partial charge in [-0.25, -0.2) is 0 Å². The van der Waals surface area contributed by atoms with Crippen molar-refractivity contribution in [2.24, 2.45) is 0 Å². The Morgan fingerprint density at radius 1 is 1.18 bits per heavy atom. The first-order valence-corrected chi connectivity index (χ1v) is 5.70. The highest BCUT2D eigenvalue weighted by Crippen LogP contribution is 2.27. The van der Waals surface area contributed by atoms with Crippen LogP contribution in [0.4, 0.5) is 0 Å². The van der Waals surface area contributed by atoms with E-state index < -0.39 is 0 Å². The van der Waals surface area contributed by atoms with Gasteiger partial charge in [-0.1, -0.05) is 6.07 Å². The molecule has 0 amide bonds. The van der Waals surface area contributed by atoms with Crippen LogP contribution in [0.1, 0.15) is 19.4 Å². The highest BCUT2D eigenvalue weighted by atomic mass is 16.5. The van der Waals surface area contributed by atoms with E-state index in [1.54, 1.807) is 21.1 Å². The second-order valence-electron chi connectivity index (χ2n) is 4.10. The Kier molecular flexibility index (Phi) is 5.25. The van der Waals surface area contributed by atoms with Gasteiger partial charge in [0.2, 0.25) is 0 Å². The molecule has 2 unspecified atom stereocenters. The summed E-state index contributed by atoms with van der Waals surface area (Å²) in [5, 5.41) is 12.6. The van der Waals surface area contributed by atoms with Crippen LogP contribution in [0, 0.1) is 0 Å². The third kappa shape index (κ3) is 3.91. The first-order valence-electron chi connectivity index (χ1n) is 5.70. The maximum atomic E-state index is 9.37. The minimum atomic E-state index is -0.366. The van der Waals surface area contributed by atoms with Gasteiger partial charge in [-0.15, -0.1) is 0 Å². The SMILES string of the molecule is COc1ccc(CNC(C)C(C)O)cc1OC. The van der Waals surface area contributed by atoms with E-state index in [2.05, 4.69) is 5.32 Å². The van der Waals surface area contributed by atoms with Gasteiger partial charge >= 0.3 is 0 Å². The summed E-state index contributed by atoms with van der Waals surface area (Å²) < 4.78 is 10.4. The normalized spacial score (nSPS) is 14.2. The van der Waals surface area contributed by atoms with Crippen LogP contribution >= 0.6 is 0 Å². The molecule has 0 saturated carbocycles. The predicted molar refractivity (Wildman–Crippen MR) is 67.5 cm³/mol. The van der Waals surface area contributed by atoms with Crippen LogP contribution < -0.4 is 14.8 Å². The monoisotopic (exact) mass is 239 g/mol. The molecule has 96 valence electrons. The van der Waals surface area contributed by atoms with E-state index in [9.17, 15) is 5.11 Å². The van der Waals surface area contributed by atoms with E-state index in [0.29, 0.717) is 6.54 Å². The van der Waals surface area contributed by atoms with Crippen molar-refractivity contribution in [3.05, 3.63) is 23.8 Å². The van der Waals surface area contributed by atoms with E-state index >= 15 is 0 Å². The zero-order valence-corrected chi connectivity index (χ0v) is 10.9. The number of aliphatic hydroxyl groups excluding tert-OH is 1. The maximum Gasteiger partial charge on any atom is 0.161 e. The maximum absolute atomic E-state index is 9.37. The summed E-state index contributed by atoms with van der Waals surface area (Å²) in [6, 6.07) is 5.84. The molecule has 0 radical (unpaired) electrons. The number of benzene rings is 1. The molecule has 4 nitrogen and oxygen atoms in total. The van der Waals surface area contributed by atoms with Gasteiger partial charge in [0.15, 0.2) is 11.5 Å². The summed E-state index contributed by atoms with van der Waals surface area (Å²) in [6.07, 6.45) is -0.366. The molecule has 17 heavy (non-hydrogen) atoms. The molecular weight excluding hydrogens is 218 g/mol. The van der Waals surface area contributed by atoms with Gasteiger partial charge < -0.3 is 19.9 Å². The highest BCUT2D eigenvalue weighted by Gasteiger charge is 2.09. The topological polar surface area (TPSA) is 50.7 Å². The Bertz CT molecular complexity index is 353. The first-order chi connectivity index (χ1) is 8.08. The lowest BCUT2D eigenvalue weighted by atomic mass is 10.1. The lowest BCUT2D eigenvalue weighted by Gasteiger charge is -2.17. The fourth-order valence-electron chi connectivity index (χ4n) is 1.44. The number of methoxy groups -OCH3 is 2. The van der Waals surface area contributed by atoms with E-state index in [4.69, 9.17) is 9.47 Å². The predicted octanol–water partition coefficient (Wildman–Crippen LogP) is 1.56. The van der Waals surface area contributed by atoms with Crippen molar-refractivity contribution in [3.63, 3.8) is 0 Å². The van der Waals surface area contributed by atoms with E-state index in [-0.39, 0.29) is 12.1 Å². The van der Waals surface area contributed by atoms with E-state index in [0.717, 1.165) is 17.1 Å². The molecule has 0 fully saturated rings. The van der Waals surface area contributed by atoms with Crippen LogP contribution in [0.3, 0.4) is 0 Å². The largest absolute Gasteiger partial charge is 0.493 e. The Labute approximate surface area is 103 Å². The van der Waals surface area contributed by atoms with Crippen LogP contribution in [0.15, 0.2) is 18.2 Å². The fourth-order valence-corrected chi connectivity index (χ4v) is 1.44. The Balaban J connectivity index is 2.66. The quantitative estimate of drug-likeness (QED) is 0.791. The summed E-state index contributed by atoms with van der Waals surface area (Å²) in [5.41, 5.74) is 1.09. The van der Waals surface area contributed by atoms with Crippen molar-refractivity contribution in [3.8, 4) is 11.5 Å². The van der Waals surface area contributed by atoms with E-state index in [1.165, 1.54) is 0 Å². The van der Waals surface area contributed by atoms with Crippen molar-refractivity contribution in [2.45, 2.75) is 32.5 Å². The molecule has 0 bridgehead atoms. The van der Waals surface area contributed by atoms with Crippen LogP contribution in [-0.2, 0) is 6.54 Å². The van der Waals surface area contributed by atoms with Gasteiger partial charge in [-0.2, -0.15) is 0 Å². The Morgan fingerprint density at radius 2 is 1.82 bits per heavy atom. The number of hydrogen-bond donors (Lipinski definition) is 2. The minimum Gasteiger partial charge on any atom is -0.493 e. The molecule has 1 rings (SSSR count). The number of nitrogens with one attached hydrogen (secondary N) is 1. The number of rotatable bonds is 6. The lowest BCUT2D eigenvalue weighted by molar-refractivity contribution is 0.152. The summed E-state index contributed by atoms with van der Waals surface area (Å²) in [4.78, 5) is 0. The second kappa shape index (κ2) is 6.47. The summed E-state index contributed by atoms with van der Waals surface area (Å²) >= 11 is 0. The lowest BCUT2D eigenvalue weighted by Crippen LogP contribution is -2.34. The summed E-state index contributed by atoms with van der Waals surface area (Å²) in [6.45, 7) is 4.41. The molecule has 0 aliphatic carbocycles. The molecule has 0 aliphatic heterocycles. The van der Waals surface area contributed by atoms with Crippen molar-refractivity contribution < 1.29 is 14.6 Å². The van der Waals surface area contributed by atoms with Crippen molar-refractivity contribution in [1.29, 1.82) is 0 Å². The third-order valence-corrected chi connectivity index (χ3v) is 2.80.